The number of ether oxygens (including phenoxy) is 3. The number of carboxylic acid groups (broad SMARTS) is 3. The van der Waals surface area contributed by atoms with Gasteiger partial charge in [0.25, 0.3) is 0 Å². The van der Waals surface area contributed by atoms with Crippen molar-refractivity contribution >= 4 is 99.5 Å². The van der Waals surface area contributed by atoms with E-state index in [4.69, 9.17) is 29.5 Å². The maximum absolute atomic E-state index is 13.2. The van der Waals surface area contributed by atoms with Gasteiger partial charge in [0.05, 0.1) is 12.2 Å². The summed E-state index contributed by atoms with van der Waals surface area (Å²) in [6, 6.07) is 34.5. The van der Waals surface area contributed by atoms with Gasteiger partial charge in [0.15, 0.2) is 18.2 Å². The lowest BCUT2D eigenvalue weighted by atomic mass is 10.1. The number of fused-ring (bicyclic) bond motifs is 3. The quantitative estimate of drug-likeness (QED) is 0.0579. The van der Waals surface area contributed by atoms with Crippen molar-refractivity contribution < 1.29 is 62.7 Å². The molecule has 0 atom stereocenters. The molecule has 0 bridgehead atoms. The van der Waals surface area contributed by atoms with Crippen LogP contribution in [0.15, 0.2) is 121 Å². The van der Waals surface area contributed by atoms with Gasteiger partial charge in [0.2, 0.25) is 5.78 Å². The van der Waals surface area contributed by atoms with Gasteiger partial charge in [-0.15, -0.1) is 34.0 Å². The van der Waals surface area contributed by atoms with Crippen molar-refractivity contribution in [3.8, 4) is 17.2 Å². The second-order valence-corrected chi connectivity index (χ2v) is 17.5. The number of benzene rings is 5. The van der Waals surface area contributed by atoms with Crippen LogP contribution in [0.5, 0.6) is 17.2 Å². The number of thiophene rings is 3. The summed E-state index contributed by atoms with van der Waals surface area (Å²) in [5.41, 5.74) is 1.36. The lowest BCUT2D eigenvalue weighted by Crippen LogP contribution is -2.10. The van der Waals surface area contributed by atoms with Crippen molar-refractivity contribution in [1.29, 1.82) is 0 Å². The van der Waals surface area contributed by atoms with Crippen LogP contribution in [0.3, 0.4) is 0 Å². The molecule has 0 spiro atoms. The number of carbonyl (C=O) groups excluding carboxylic acids is 3. The number of ketones is 3. The van der Waals surface area contributed by atoms with Crippen molar-refractivity contribution in [3.63, 3.8) is 0 Å². The smallest absolute Gasteiger partial charge is 0.341 e. The number of carboxylic acids is 3. The molecule has 16 heteroatoms. The summed E-state index contributed by atoms with van der Waals surface area (Å²) in [7, 11) is 0. The van der Waals surface area contributed by atoms with Crippen LogP contribution in [0, 0.1) is 5.82 Å². The Morgan fingerprint density at radius 3 is 1.44 bits per heavy atom. The van der Waals surface area contributed by atoms with E-state index in [0.29, 0.717) is 56.9 Å². The van der Waals surface area contributed by atoms with Crippen molar-refractivity contribution in [2.24, 2.45) is 0 Å². The molecule has 0 aliphatic heterocycles. The van der Waals surface area contributed by atoms with Gasteiger partial charge in [-0.05, 0) is 91.2 Å². The Hall–Kier alpha value is -7.27. The Labute approximate surface area is 389 Å². The zero-order valence-electron chi connectivity index (χ0n) is 35.4. The maximum atomic E-state index is 13.2. The molecule has 0 radical (unpaired) electrons. The molecule has 8 rings (SSSR count). The van der Waals surface area contributed by atoms with Gasteiger partial charge in [-0.25, -0.2) is 14.0 Å². The number of hydrogen-bond acceptors (Lipinski definition) is 12. The third-order valence-corrected chi connectivity index (χ3v) is 13.2. The fraction of sp³-hybridized carbons (Fsp3) is 0.160. The van der Waals surface area contributed by atoms with E-state index in [1.165, 1.54) is 84.3 Å². The fourth-order valence-electron chi connectivity index (χ4n) is 6.43. The molecular weight excluding hydrogens is 908 g/mol. The molecule has 0 saturated carbocycles. The van der Waals surface area contributed by atoms with Gasteiger partial charge in [-0.1, -0.05) is 48.5 Å². The number of hydrogen-bond donors (Lipinski definition) is 3. The molecule has 3 aromatic heterocycles. The predicted octanol–water partition coefficient (Wildman–Crippen LogP) is 11.9. The van der Waals surface area contributed by atoms with Crippen molar-refractivity contribution in [3.05, 3.63) is 158 Å². The molecule has 0 unspecified atom stereocenters. The fourth-order valence-corrected chi connectivity index (χ4v) is 9.62. The number of aliphatic carboxylic acids is 2. The second kappa shape index (κ2) is 22.6. The van der Waals surface area contributed by atoms with Crippen molar-refractivity contribution in [2.75, 3.05) is 13.2 Å². The Kier molecular flexibility index (Phi) is 16.5. The van der Waals surface area contributed by atoms with Gasteiger partial charge in [-0.2, -0.15) is 0 Å². The molecule has 5 aromatic carbocycles. The first-order valence-electron chi connectivity index (χ1n) is 20.2. The normalized spacial score (nSPS) is 10.7. The SMILES string of the molecule is CC(=O)c1sc2ccccc2c1OCC(=O)O.CC(=O)c1sc2ccccc2c1OCCCCC(=O)O.O=C(O)c1ccc(COc2c(C(=O)c3ccc(F)cc3)sc3ccccc23)cc1. The van der Waals surface area contributed by atoms with Crippen LogP contribution in [0.4, 0.5) is 4.39 Å². The summed E-state index contributed by atoms with van der Waals surface area (Å²) in [5.74, 6) is -2.13. The second-order valence-electron chi connectivity index (χ2n) is 14.4. The molecular formula is C50H41FO12S3. The average Bonchev–Trinajstić information content (AvgIpc) is 4.00. The zero-order valence-corrected chi connectivity index (χ0v) is 37.9. The highest BCUT2D eigenvalue weighted by atomic mass is 32.1. The number of halogens is 1. The van der Waals surface area contributed by atoms with E-state index in [1.54, 1.807) is 12.1 Å². The lowest BCUT2D eigenvalue weighted by molar-refractivity contribution is -0.139. The molecule has 3 heterocycles. The van der Waals surface area contributed by atoms with Crippen molar-refractivity contribution in [2.45, 2.75) is 39.7 Å². The van der Waals surface area contributed by atoms with Gasteiger partial charge in [0.1, 0.15) is 44.3 Å². The molecule has 0 aliphatic rings. The van der Waals surface area contributed by atoms with Crippen molar-refractivity contribution in [1.82, 2.24) is 0 Å². The summed E-state index contributed by atoms with van der Waals surface area (Å²) in [4.78, 5) is 69.6. The summed E-state index contributed by atoms with van der Waals surface area (Å²) in [6.07, 6.45) is 1.38. The zero-order chi connectivity index (χ0) is 47.3. The van der Waals surface area contributed by atoms with E-state index in [0.717, 1.165) is 35.8 Å². The first-order chi connectivity index (χ1) is 31.7. The van der Waals surface area contributed by atoms with Gasteiger partial charge in [-0.3, -0.25) is 19.2 Å². The summed E-state index contributed by atoms with van der Waals surface area (Å²) in [5, 5.41) is 28.7. The van der Waals surface area contributed by atoms with Crippen LogP contribution in [0.2, 0.25) is 0 Å². The van der Waals surface area contributed by atoms with E-state index >= 15 is 0 Å². The van der Waals surface area contributed by atoms with Gasteiger partial charge < -0.3 is 29.5 Å². The number of Topliss-reactive ketones (excluding diaryl/α,β-unsaturated/α-hetero) is 2. The minimum Gasteiger partial charge on any atom is -0.491 e. The number of unbranched alkanes of at least 4 members (excludes halogenated alkanes) is 1. The largest absolute Gasteiger partial charge is 0.491 e. The molecule has 338 valence electrons. The Balaban J connectivity index is 0.000000171. The highest BCUT2D eigenvalue weighted by Crippen LogP contribution is 2.41. The first kappa shape index (κ1) is 48.2. The molecule has 0 aliphatic carbocycles. The number of carbonyl (C=O) groups is 6. The average molecular weight is 949 g/mol. The lowest BCUT2D eigenvalue weighted by Gasteiger charge is -2.08. The molecule has 0 saturated heterocycles. The van der Waals surface area contributed by atoms with E-state index in [-0.39, 0.29) is 35.9 Å². The van der Waals surface area contributed by atoms with Crippen LogP contribution in [0.1, 0.15) is 83.6 Å². The number of rotatable bonds is 17. The topological polar surface area (TPSA) is 191 Å². The highest BCUT2D eigenvalue weighted by molar-refractivity contribution is 7.22. The molecule has 12 nitrogen and oxygen atoms in total. The molecule has 0 fully saturated rings. The molecule has 66 heavy (non-hydrogen) atoms. The summed E-state index contributed by atoms with van der Waals surface area (Å²) >= 11 is 4.07. The summed E-state index contributed by atoms with van der Waals surface area (Å²) in [6.45, 7) is 3.14. The number of aromatic carboxylic acids is 1. The van der Waals surface area contributed by atoms with E-state index in [9.17, 15) is 33.2 Å². The van der Waals surface area contributed by atoms with E-state index in [2.05, 4.69) is 0 Å². The van der Waals surface area contributed by atoms with E-state index in [1.807, 2.05) is 72.8 Å². The van der Waals surface area contributed by atoms with Gasteiger partial charge >= 0.3 is 17.9 Å². The van der Waals surface area contributed by atoms with Crippen LogP contribution in [-0.2, 0) is 16.2 Å². The monoisotopic (exact) mass is 948 g/mol. The highest BCUT2D eigenvalue weighted by Gasteiger charge is 2.22. The maximum Gasteiger partial charge on any atom is 0.341 e. The van der Waals surface area contributed by atoms with E-state index < -0.39 is 30.3 Å². The first-order valence-corrected chi connectivity index (χ1v) is 22.7. The van der Waals surface area contributed by atoms with Crippen LogP contribution < -0.4 is 14.2 Å². The summed E-state index contributed by atoms with van der Waals surface area (Å²) < 4.78 is 33.0. The Morgan fingerprint density at radius 1 is 0.515 bits per heavy atom. The molecule has 0 amide bonds. The van der Waals surface area contributed by atoms with Crippen LogP contribution >= 0.6 is 34.0 Å². The molecule has 8 aromatic rings. The third kappa shape index (κ3) is 12.3. The standard InChI is InChI=1S/C23H15FO4S.C15H16O4S.C12H10O4S/c24-17-11-9-15(10-12-17)20(25)22-21(18-3-1-2-4-19(18)29-22)28-13-14-5-7-16(8-6-14)23(26)27;1-10(16)15-14(19-9-5-4-8-13(17)18)11-6-2-3-7-12(11)20-15;1-7(13)12-11(16-6-10(14)15)8-4-2-3-5-9(8)17-12/h1-12H,13H2,(H,26,27);2-3,6-7H,4-5,8-9H2,1H3,(H,17,18);2-5H,6H2,1H3,(H,14,15). The predicted molar refractivity (Wildman–Crippen MR) is 253 cm³/mol. The Bertz CT molecular complexity index is 3040. The Morgan fingerprint density at radius 2 is 0.970 bits per heavy atom. The van der Waals surface area contributed by atoms with Crippen LogP contribution in [-0.4, -0.2) is 63.8 Å². The molecule has 3 N–H and O–H groups in total. The van der Waals surface area contributed by atoms with Gasteiger partial charge in [0, 0.05) is 56.1 Å². The minimum atomic E-state index is -1.06. The third-order valence-electron chi connectivity index (χ3n) is 9.56. The van der Waals surface area contributed by atoms with Crippen LogP contribution in [0.25, 0.3) is 30.3 Å². The minimum absolute atomic E-state index is 0.00765.